The molecule has 1 amide bonds. The van der Waals surface area contributed by atoms with Crippen LogP contribution in [0.15, 0.2) is 53.1 Å². The van der Waals surface area contributed by atoms with Crippen molar-refractivity contribution >= 4 is 22.5 Å². The highest BCUT2D eigenvalue weighted by molar-refractivity contribution is 5.96. The second-order valence-electron chi connectivity index (χ2n) is 9.49. The number of aromatic nitrogens is 3. The van der Waals surface area contributed by atoms with Crippen LogP contribution < -0.4 is 5.32 Å². The van der Waals surface area contributed by atoms with Crippen molar-refractivity contribution in [1.29, 1.82) is 0 Å². The summed E-state index contributed by atoms with van der Waals surface area (Å²) < 4.78 is 8.01. The van der Waals surface area contributed by atoms with E-state index >= 15 is 0 Å². The van der Waals surface area contributed by atoms with E-state index in [0.29, 0.717) is 18.3 Å². The quantitative estimate of drug-likeness (QED) is 0.432. The van der Waals surface area contributed by atoms with Crippen molar-refractivity contribution < 1.29 is 9.21 Å². The van der Waals surface area contributed by atoms with Gasteiger partial charge in [-0.3, -0.25) is 9.69 Å². The number of benzene rings is 2. The zero-order valence-corrected chi connectivity index (χ0v) is 20.0. The average Bonchev–Trinajstić information content (AvgIpc) is 3.43. The number of likely N-dealkylation sites (tertiary alicyclic amines) is 1. The molecule has 2 aromatic heterocycles. The minimum atomic E-state index is -0.0823. The van der Waals surface area contributed by atoms with E-state index in [1.807, 2.05) is 60.2 Å². The highest BCUT2D eigenvalue weighted by Gasteiger charge is 2.20. The summed E-state index contributed by atoms with van der Waals surface area (Å²) in [5, 5.41) is 12.6. The van der Waals surface area contributed by atoms with Crippen molar-refractivity contribution in [1.82, 2.24) is 19.7 Å². The lowest BCUT2D eigenvalue weighted by Gasteiger charge is -2.28. The van der Waals surface area contributed by atoms with Crippen LogP contribution in [0.3, 0.4) is 0 Å². The van der Waals surface area contributed by atoms with Crippen molar-refractivity contribution in [3.63, 3.8) is 0 Å². The number of aryl methyl sites for hydroxylation is 2. The van der Waals surface area contributed by atoms with Gasteiger partial charge in [-0.05, 0) is 75.0 Å². The molecule has 0 atom stereocenters. The summed E-state index contributed by atoms with van der Waals surface area (Å²) in [6, 6.07) is 13.9. The van der Waals surface area contributed by atoms with E-state index in [2.05, 4.69) is 34.3 Å². The fraction of sp³-hybridized carbons (Fsp3) is 0.370. The van der Waals surface area contributed by atoms with Gasteiger partial charge in [-0.15, -0.1) is 10.2 Å². The fourth-order valence-electron chi connectivity index (χ4n) is 4.56. The van der Waals surface area contributed by atoms with Gasteiger partial charge in [0.15, 0.2) is 0 Å². The van der Waals surface area contributed by atoms with Crippen LogP contribution in [0.2, 0.25) is 0 Å². The third-order valence-corrected chi connectivity index (χ3v) is 6.83. The van der Waals surface area contributed by atoms with Gasteiger partial charge in [0.05, 0.1) is 12.1 Å². The van der Waals surface area contributed by atoms with E-state index in [4.69, 9.17) is 4.42 Å². The SMILES string of the molecule is Cc1ccc(NC(=O)Cn2cc(-c3nnc(CN4CCC(C)CC4)o3)c3ccccc32)cc1C. The highest BCUT2D eigenvalue weighted by atomic mass is 16.4. The van der Waals surface area contributed by atoms with E-state index in [0.717, 1.165) is 46.7 Å². The standard InChI is InChI=1S/C27H31N5O2/c1-18-10-12-31(13-11-18)17-26-29-30-27(34-26)23-15-32(24-7-5-4-6-22(23)24)16-25(33)28-21-9-8-19(2)20(3)14-21/h4-9,14-15,18H,10-13,16-17H2,1-3H3,(H,28,33). The zero-order chi connectivity index (χ0) is 23.7. The molecular formula is C27H31N5O2. The summed E-state index contributed by atoms with van der Waals surface area (Å²) in [5.41, 5.74) is 4.96. The molecule has 176 valence electrons. The maximum absolute atomic E-state index is 12.8. The molecule has 0 radical (unpaired) electrons. The molecule has 7 nitrogen and oxygen atoms in total. The molecule has 2 aromatic carbocycles. The summed E-state index contributed by atoms with van der Waals surface area (Å²) in [4.78, 5) is 15.2. The van der Waals surface area contributed by atoms with Crippen LogP contribution in [0.4, 0.5) is 5.69 Å². The maximum Gasteiger partial charge on any atom is 0.249 e. The summed E-state index contributed by atoms with van der Waals surface area (Å²) in [7, 11) is 0. The van der Waals surface area contributed by atoms with Gasteiger partial charge in [-0.2, -0.15) is 0 Å². The van der Waals surface area contributed by atoms with E-state index in [-0.39, 0.29) is 12.5 Å². The van der Waals surface area contributed by atoms with Crippen LogP contribution in [0, 0.1) is 19.8 Å². The first-order chi connectivity index (χ1) is 16.5. The Kier molecular flexibility index (Phi) is 6.20. The van der Waals surface area contributed by atoms with E-state index < -0.39 is 0 Å². The van der Waals surface area contributed by atoms with Gasteiger partial charge in [-0.1, -0.05) is 31.2 Å². The minimum Gasteiger partial charge on any atom is -0.419 e. The molecule has 4 aromatic rings. The first-order valence-corrected chi connectivity index (χ1v) is 12.0. The predicted octanol–water partition coefficient (Wildman–Crippen LogP) is 5.18. The molecule has 3 heterocycles. The van der Waals surface area contributed by atoms with Crippen LogP contribution >= 0.6 is 0 Å². The molecule has 34 heavy (non-hydrogen) atoms. The van der Waals surface area contributed by atoms with Crippen LogP contribution in [0.25, 0.3) is 22.4 Å². The van der Waals surface area contributed by atoms with Gasteiger partial charge in [-0.25, -0.2) is 0 Å². The Morgan fingerprint density at radius 1 is 1.09 bits per heavy atom. The average molecular weight is 458 g/mol. The summed E-state index contributed by atoms with van der Waals surface area (Å²) in [5.74, 6) is 1.83. The number of nitrogens with zero attached hydrogens (tertiary/aromatic N) is 4. The van der Waals surface area contributed by atoms with E-state index in [1.165, 1.54) is 18.4 Å². The van der Waals surface area contributed by atoms with Crippen molar-refractivity contribution in [2.75, 3.05) is 18.4 Å². The topological polar surface area (TPSA) is 76.2 Å². The number of nitrogens with one attached hydrogen (secondary N) is 1. The smallest absolute Gasteiger partial charge is 0.249 e. The third-order valence-electron chi connectivity index (χ3n) is 6.83. The Labute approximate surface area is 199 Å². The lowest BCUT2D eigenvalue weighted by atomic mass is 9.99. The monoisotopic (exact) mass is 457 g/mol. The van der Waals surface area contributed by atoms with Crippen molar-refractivity contribution in [3.8, 4) is 11.5 Å². The van der Waals surface area contributed by atoms with Crippen molar-refractivity contribution in [3.05, 3.63) is 65.7 Å². The highest BCUT2D eigenvalue weighted by Crippen LogP contribution is 2.30. The van der Waals surface area contributed by atoms with Crippen LogP contribution in [0.5, 0.6) is 0 Å². The molecule has 1 aliphatic rings. The number of hydrogen-bond donors (Lipinski definition) is 1. The van der Waals surface area contributed by atoms with Crippen molar-refractivity contribution in [2.24, 2.45) is 5.92 Å². The number of amides is 1. The number of hydrogen-bond acceptors (Lipinski definition) is 5. The zero-order valence-electron chi connectivity index (χ0n) is 20.0. The predicted molar refractivity (Wildman–Crippen MR) is 133 cm³/mol. The number of anilines is 1. The lowest BCUT2D eigenvalue weighted by molar-refractivity contribution is -0.116. The van der Waals surface area contributed by atoms with E-state index in [1.54, 1.807) is 0 Å². The van der Waals surface area contributed by atoms with E-state index in [9.17, 15) is 4.79 Å². The van der Waals surface area contributed by atoms with Crippen LogP contribution in [-0.4, -0.2) is 38.7 Å². The molecule has 1 fully saturated rings. The van der Waals surface area contributed by atoms with Gasteiger partial charge in [0.2, 0.25) is 17.7 Å². The number of carbonyl (C=O) groups excluding carboxylic acids is 1. The number of para-hydroxylation sites is 1. The number of carbonyl (C=O) groups is 1. The van der Waals surface area contributed by atoms with Gasteiger partial charge in [0.1, 0.15) is 6.54 Å². The van der Waals surface area contributed by atoms with Gasteiger partial charge in [0, 0.05) is 22.8 Å². The molecule has 1 N–H and O–H groups in total. The van der Waals surface area contributed by atoms with Crippen molar-refractivity contribution in [2.45, 2.75) is 46.7 Å². The number of rotatable bonds is 6. The summed E-state index contributed by atoms with van der Waals surface area (Å²) in [6.07, 6.45) is 4.35. The normalized spacial score (nSPS) is 15.1. The molecule has 0 unspecified atom stereocenters. The second kappa shape index (κ2) is 9.43. The molecule has 0 spiro atoms. The molecular weight excluding hydrogens is 426 g/mol. The summed E-state index contributed by atoms with van der Waals surface area (Å²) >= 11 is 0. The Morgan fingerprint density at radius 3 is 2.68 bits per heavy atom. The minimum absolute atomic E-state index is 0.0823. The third kappa shape index (κ3) is 4.75. The van der Waals surface area contributed by atoms with Crippen LogP contribution in [-0.2, 0) is 17.9 Å². The number of fused-ring (bicyclic) bond motifs is 1. The molecule has 5 rings (SSSR count). The number of piperidine rings is 1. The lowest BCUT2D eigenvalue weighted by Crippen LogP contribution is -2.32. The first-order valence-electron chi connectivity index (χ1n) is 12.0. The molecule has 1 saturated heterocycles. The maximum atomic E-state index is 12.8. The Bertz CT molecular complexity index is 1310. The molecule has 0 bridgehead atoms. The molecule has 1 aliphatic heterocycles. The molecule has 0 aliphatic carbocycles. The fourth-order valence-corrected chi connectivity index (χ4v) is 4.56. The Balaban J connectivity index is 1.35. The van der Waals surface area contributed by atoms with Gasteiger partial charge >= 0.3 is 0 Å². The molecule has 0 saturated carbocycles. The second-order valence-corrected chi connectivity index (χ2v) is 9.49. The van der Waals surface area contributed by atoms with Crippen LogP contribution in [0.1, 0.15) is 36.8 Å². The van der Waals surface area contributed by atoms with Gasteiger partial charge in [0.25, 0.3) is 0 Å². The summed E-state index contributed by atoms with van der Waals surface area (Å²) in [6.45, 7) is 9.41. The van der Waals surface area contributed by atoms with Gasteiger partial charge < -0.3 is 14.3 Å². The molecule has 7 heteroatoms. The first kappa shape index (κ1) is 22.3. The Hall–Kier alpha value is -3.45. The largest absolute Gasteiger partial charge is 0.419 e. The Morgan fingerprint density at radius 2 is 1.88 bits per heavy atom.